The molecule has 1 amide bonds. The molecule has 0 aliphatic carbocycles. The maximum absolute atomic E-state index is 12.5. The van der Waals surface area contributed by atoms with Gasteiger partial charge in [-0.25, -0.2) is 9.78 Å². The van der Waals surface area contributed by atoms with Crippen molar-refractivity contribution in [3.63, 3.8) is 0 Å². The second-order valence-electron chi connectivity index (χ2n) is 9.34. The molecule has 1 aliphatic heterocycles. The van der Waals surface area contributed by atoms with E-state index in [1.54, 1.807) is 6.07 Å². The summed E-state index contributed by atoms with van der Waals surface area (Å²) in [5.41, 5.74) is 3.16. The van der Waals surface area contributed by atoms with E-state index in [0.29, 0.717) is 22.7 Å². The van der Waals surface area contributed by atoms with Crippen molar-refractivity contribution in [1.29, 1.82) is 0 Å². The number of ether oxygens (including phenoxy) is 1. The molecule has 0 radical (unpaired) electrons. The first kappa shape index (κ1) is 25.3. The number of nitrogens with one attached hydrogen (secondary N) is 1. The zero-order chi connectivity index (χ0) is 25.8. The van der Waals surface area contributed by atoms with Gasteiger partial charge < -0.3 is 9.64 Å². The van der Waals surface area contributed by atoms with Crippen LogP contribution in [0.3, 0.4) is 0 Å². The van der Waals surface area contributed by atoms with Gasteiger partial charge in [-0.3, -0.25) is 20.2 Å². The number of amides is 1. The van der Waals surface area contributed by atoms with Gasteiger partial charge in [-0.1, -0.05) is 43.7 Å². The van der Waals surface area contributed by atoms with Crippen LogP contribution in [-0.2, 0) is 9.53 Å². The molecule has 0 saturated carbocycles. The normalized spacial score (nSPS) is 17.5. The van der Waals surface area contributed by atoms with Crippen LogP contribution in [0, 0.1) is 28.9 Å². The molecule has 1 N–H and O–H groups in total. The number of nitro benzene ring substituents is 1. The highest BCUT2D eigenvalue weighted by Crippen LogP contribution is 2.34. The first-order valence-electron chi connectivity index (χ1n) is 11.7. The van der Waals surface area contributed by atoms with Crippen LogP contribution in [-0.4, -0.2) is 41.5 Å². The molecule has 0 bridgehead atoms. The third-order valence-electron chi connectivity index (χ3n) is 6.05. The number of hydrogen-bond acceptors (Lipinski definition) is 8. The Balaban J connectivity index is 1.37. The Hall–Kier alpha value is -3.79. The van der Waals surface area contributed by atoms with E-state index in [0.717, 1.165) is 36.3 Å². The van der Waals surface area contributed by atoms with Gasteiger partial charge in [-0.15, -0.1) is 11.3 Å². The lowest BCUT2D eigenvalue weighted by molar-refractivity contribution is -0.384. The Kier molecular flexibility index (Phi) is 7.64. The fraction of sp³-hybridized carbons (Fsp3) is 0.346. The van der Waals surface area contributed by atoms with E-state index in [4.69, 9.17) is 4.74 Å². The van der Waals surface area contributed by atoms with Crippen LogP contribution in [0.15, 0.2) is 47.8 Å². The Bertz CT molecular complexity index is 1260. The molecule has 10 heteroatoms. The second kappa shape index (κ2) is 10.9. The maximum Gasteiger partial charge on any atom is 0.338 e. The van der Waals surface area contributed by atoms with Crippen molar-refractivity contribution in [2.45, 2.75) is 27.2 Å². The number of carbonyl (C=O) groups excluding carboxylic acids is 2. The number of thiazole rings is 1. The van der Waals surface area contributed by atoms with Gasteiger partial charge in [0.1, 0.15) is 5.69 Å². The van der Waals surface area contributed by atoms with Crippen LogP contribution in [0.25, 0.3) is 11.3 Å². The van der Waals surface area contributed by atoms with Gasteiger partial charge in [-0.2, -0.15) is 0 Å². The van der Waals surface area contributed by atoms with Crippen LogP contribution < -0.4 is 10.2 Å². The van der Waals surface area contributed by atoms with Crippen LogP contribution in [0.2, 0.25) is 0 Å². The quantitative estimate of drug-likeness (QED) is 0.261. The molecule has 0 spiro atoms. The molecule has 2 aromatic carbocycles. The molecule has 1 aromatic heterocycles. The average Bonchev–Trinajstić information content (AvgIpc) is 3.30. The van der Waals surface area contributed by atoms with E-state index in [-0.39, 0.29) is 11.3 Å². The molecule has 2 heterocycles. The van der Waals surface area contributed by atoms with Gasteiger partial charge in [-0.05, 0) is 37.3 Å². The zero-order valence-electron chi connectivity index (χ0n) is 20.4. The van der Waals surface area contributed by atoms with Gasteiger partial charge in [0.05, 0.1) is 16.2 Å². The van der Waals surface area contributed by atoms with Crippen molar-refractivity contribution in [2.75, 3.05) is 29.9 Å². The number of benzene rings is 2. The van der Waals surface area contributed by atoms with E-state index in [1.165, 1.54) is 23.5 Å². The lowest BCUT2D eigenvalue weighted by atomic mass is 9.91. The summed E-state index contributed by atoms with van der Waals surface area (Å²) in [6.45, 7) is 7.16. The first-order valence-corrected chi connectivity index (χ1v) is 12.6. The lowest BCUT2D eigenvalue weighted by Crippen LogP contribution is -2.39. The van der Waals surface area contributed by atoms with Gasteiger partial charge in [0.15, 0.2) is 11.7 Å². The average molecular weight is 509 g/mol. The number of hydrogen-bond donors (Lipinski definition) is 1. The van der Waals surface area contributed by atoms with Crippen LogP contribution in [0.4, 0.5) is 16.5 Å². The minimum Gasteiger partial charge on any atom is -0.452 e. The van der Waals surface area contributed by atoms with Crippen LogP contribution >= 0.6 is 11.3 Å². The van der Waals surface area contributed by atoms with Crippen molar-refractivity contribution in [2.24, 2.45) is 11.8 Å². The molecule has 4 rings (SSSR count). The number of rotatable bonds is 7. The Morgan fingerprint density at radius 3 is 2.53 bits per heavy atom. The number of carbonyl (C=O) groups is 2. The Morgan fingerprint density at radius 2 is 1.86 bits per heavy atom. The van der Waals surface area contributed by atoms with Crippen LogP contribution in [0.1, 0.15) is 36.2 Å². The van der Waals surface area contributed by atoms with Crippen molar-refractivity contribution >= 4 is 39.7 Å². The van der Waals surface area contributed by atoms with E-state index >= 15 is 0 Å². The monoisotopic (exact) mass is 508 g/mol. The maximum atomic E-state index is 12.5. The minimum absolute atomic E-state index is 0.0206. The fourth-order valence-electron chi connectivity index (χ4n) is 4.48. The molecular weight excluding hydrogens is 480 g/mol. The van der Waals surface area contributed by atoms with Gasteiger partial charge >= 0.3 is 5.97 Å². The first-order chi connectivity index (χ1) is 17.2. The van der Waals surface area contributed by atoms with E-state index in [1.807, 2.05) is 41.5 Å². The fourth-order valence-corrected chi connectivity index (χ4v) is 5.22. The summed E-state index contributed by atoms with van der Waals surface area (Å²) in [6, 6.07) is 12.2. The molecule has 1 fully saturated rings. The van der Waals surface area contributed by atoms with E-state index in [9.17, 15) is 19.7 Å². The number of esters is 1. The van der Waals surface area contributed by atoms with Gasteiger partial charge in [0.25, 0.3) is 11.6 Å². The predicted octanol–water partition coefficient (Wildman–Crippen LogP) is 5.30. The van der Waals surface area contributed by atoms with Crippen molar-refractivity contribution in [1.82, 2.24) is 4.98 Å². The highest BCUT2D eigenvalue weighted by Gasteiger charge is 2.28. The molecule has 2 atom stereocenters. The summed E-state index contributed by atoms with van der Waals surface area (Å²) in [7, 11) is 0. The summed E-state index contributed by atoms with van der Waals surface area (Å²) in [6.07, 6.45) is 1.07. The van der Waals surface area contributed by atoms with E-state index < -0.39 is 23.4 Å². The smallest absolute Gasteiger partial charge is 0.338 e. The summed E-state index contributed by atoms with van der Waals surface area (Å²) in [4.78, 5) is 42.5. The minimum atomic E-state index is -0.806. The summed E-state index contributed by atoms with van der Waals surface area (Å²) in [5, 5.41) is 16.6. The lowest BCUT2D eigenvalue weighted by Gasteiger charge is -2.36. The molecular formula is C26H28N4O5S. The summed E-state index contributed by atoms with van der Waals surface area (Å²) in [5.74, 6) is -0.514. The van der Waals surface area contributed by atoms with Gasteiger partial charge in [0.2, 0.25) is 0 Å². The SMILES string of the molecule is Cc1ccc(-c2csc(NC(=O)COC(=O)c3ccc(N4CC(C)CC(C)C4)c([N+](=O)[O-])c3)n2)cc1. The predicted molar refractivity (Wildman–Crippen MR) is 139 cm³/mol. The Labute approximate surface area is 213 Å². The van der Waals surface area contributed by atoms with Gasteiger partial charge in [0, 0.05) is 30.1 Å². The number of aromatic nitrogens is 1. The Morgan fingerprint density at radius 1 is 1.17 bits per heavy atom. The van der Waals surface area contributed by atoms with Crippen molar-refractivity contribution in [3.05, 3.63) is 69.1 Å². The van der Waals surface area contributed by atoms with Crippen LogP contribution in [0.5, 0.6) is 0 Å². The highest BCUT2D eigenvalue weighted by atomic mass is 32.1. The molecule has 1 aliphatic rings. The highest BCUT2D eigenvalue weighted by molar-refractivity contribution is 7.14. The van der Waals surface area contributed by atoms with Crippen molar-refractivity contribution < 1.29 is 19.2 Å². The molecule has 3 aromatic rings. The molecule has 9 nitrogen and oxygen atoms in total. The molecule has 36 heavy (non-hydrogen) atoms. The summed E-state index contributed by atoms with van der Waals surface area (Å²) >= 11 is 1.26. The number of piperidine rings is 1. The summed E-state index contributed by atoms with van der Waals surface area (Å²) < 4.78 is 5.11. The second-order valence-corrected chi connectivity index (χ2v) is 10.2. The third kappa shape index (κ3) is 6.06. The van der Waals surface area contributed by atoms with E-state index in [2.05, 4.69) is 24.1 Å². The number of nitro groups is 1. The number of aryl methyl sites for hydroxylation is 1. The molecule has 188 valence electrons. The number of anilines is 2. The topological polar surface area (TPSA) is 115 Å². The standard InChI is InChI=1S/C26H28N4O5S/c1-16-4-6-19(7-5-16)21-15-36-26(27-21)28-24(31)14-35-25(32)20-8-9-22(23(11-20)30(33)34)29-12-17(2)10-18(3)13-29/h4-9,11,15,17-18H,10,12-14H2,1-3H3,(H,27,28,31). The van der Waals surface area contributed by atoms with Crippen molar-refractivity contribution in [3.8, 4) is 11.3 Å². The number of nitrogens with zero attached hydrogens (tertiary/aromatic N) is 3. The molecule has 2 unspecified atom stereocenters. The molecule has 1 saturated heterocycles. The largest absolute Gasteiger partial charge is 0.452 e. The third-order valence-corrected chi connectivity index (χ3v) is 6.81. The zero-order valence-corrected chi connectivity index (χ0v) is 21.2.